The standard InChI is InChI=1S/C10H20O4S/c1-4-5-9(2)6-7-13-8-10(3)14-15(11)12/h4,9-10H,1,5-8H2,2-3H3,(H,11,12). The first-order valence-electron chi connectivity index (χ1n) is 5.02. The van der Waals surface area contributed by atoms with Crippen LogP contribution in [0.2, 0.25) is 0 Å². The fraction of sp³-hybridized carbons (Fsp3) is 0.800. The second-order valence-corrected chi connectivity index (χ2v) is 4.24. The van der Waals surface area contributed by atoms with Crippen LogP contribution in [0, 0.1) is 5.92 Å². The van der Waals surface area contributed by atoms with E-state index in [4.69, 9.17) is 9.29 Å². The summed E-state index contributed by atoms with van der Waals surface area (Å²) in [5, 5.41) is 0. The SMILES string of the molecule is C=CCC(C)CCOCC(C)OS(=O)O. The van der Waals surface area contributed by atoms with E-state index in [0.717, 1.165) is 12.8 Å². The maximum absolute atomic E-state index is 10.3. The summed E-state index contributed by atoms with van der Waals surface area (Å²) in [5.41, 5.74) is 0. The first-order valence-corrected chi connectivity index (χ1v) is 6.06. The fourth-order valence-electron chi connectivity index (χ4n) is 1.10. The Labute approximate surface area is 94.1 Å². The van der Waals surface area contributed by atoms with Crippen molar-refractivity contribution in [1.82, 2.24) is 0 Å². The average molecular weight is 236 g/mol. The Kier molecular flexibility index (Phi) is 8.89. The van der Waals surface area contributed by atoms with Gasteiger partial charge in [0, 0.05) is 6.61 Å². The van der Waals surface area contributed by atoms with Gasteiger partial charge in [-0.3, -0.25) is 8.74 Å². The molecule has 0 saturated heterocycles. The highest BCUT2D eigenvalue weighted by Gasteiger charge is 2.06. The Hall–Kier alpha value is -0.230. The van der Waals surface area contributed by atoms with E-state index in [1.165, 1.54) is 0 Å². The highest BCUT2D eigenvalue weighted by atomic mass is 32.2. The van der Waals surface area contributed by atoms with Crippen LogP contribution in [0.3, 0.4) is 0 Å². The summed E-state index contributed by atoms with van der Waals surface area (Å²) in [5.74, 6) is 0.561. The van der Waals surface area contributed by atoms with Crippen LogP contribution < -0.4 is 0 Å². The van der Waals surface area contributed by atoms with Crippen LogP contribution in [0.1, 0.15) is 26.7 Å². The molecule has 4 nitrogen and oxygen atoms in total. The first-order chi connectivity index (χ1) is 7.06. The molecule has 1 N–H and O–H groups in total. The maximum Gasteiger partial charge on any atom is 0.302 e. The van der Waals surface area contributed by atoms with Crippen molar-refractivity contribution in [3.63, 3.8) is 0 Å². The van der Waals surface area contributed by atoms with Crippen molar-refractivity contribution in [2.45, 2.75) is 32.8 Å². The van der Waals surface area contributed by atoms with Gasteiger partial charge < -0.3 is 4.74 Å². The smallest absolute Gasteiger partial charge is 0.302 e. The Morgan fingerprint density at radius 3 is 2.73 bits per heavy atom. The zero-order valence-electron chi connectivity index (χ0n) is 9.35. The molecule has 0 spiro atoms. The molecule has 0 fully saturated rings. The Balaban J connectivity index is 3.37. The number of hydrogen-bond donors (Lipinski definition) is 1. The van der Waals surface area contributed by atoms with Gasteiger partial charge >= 0.3 is 11.4 Å². The van der Waals surface area contributed by atoms with Crippen LogP contribution in [-0.2, 0) is 20.3 Å². The molecule has 0 aromatic carbocycles. The molecule has 0 aliphatic carbocycles. The molecule has 0 amide bonds. The zero-order valence-corrected chi connectivity index (χ0v) is 10.2. The van der Waals surface area contributed by atoms with Gasteiger partial charge in [-0.05, 0) is 25.7 Å². The van der Waals surface area contributed by atoms with E-state index in [-0.39, 0.29) is 6.10 Å². The summed E-state index contributed by atoms with van der Waals surface area (Å²) in [6, 6.07) is 0. The van der Waals surface area contributed by atoms with Crippen molar-refractivity contribution in [3.05, 3.63) is 12.7 Å². The minimum Gasteiger partial charge on any atom is -0.379 e. The highest BCUT2D eigenvalue weighted by molar-refractivity contribution is 7.74. The lowest BCUT2D eigenvalue weighted by atomic mass is 10.1. The van der Waals surface area contributed by atoms with Gasteiger partial charge in [0.05, 0.1) is 12.7 Å². The van der Waals surface area contributed by atoms with Crippen molar-refractivity contribution >= 4 is 11.4 Å². The van der Waals surface area contributed by atoms with E-state index in [1.54, 1.807) is 6.92 Å². The van der Waals surface area contributed by atoms with Crippen LogP contribution in [-0.4, -0.2) is 28.1 Å². The Morgan fingerprint density at radius 1 is 1.53 bits per heavy atom. The molecule has 0 aliphatic heterocycles. The molecule has 0 bridgehead atoms. The van der Waals surface area contributed by atoms with Gasteiger partial charge in [-0.2, -0.15) is 4.21 Å². The molecule has 5 heteroatoms. The summed E-state index contributed by atoms with van der Waals surface area (Å²) >= 11 is -2.21. The van der Waals surface area contributed by atoms with Gasteiger partial charge in [0.25, 0.3) is 0 Å². The first kappa shape index (κ1) is 14.8. The topological polar surface area (TPSA) is 55.8 Å². The van der Waals surface area contributed by atoms with Gasteiger partial charge in [0.2, 0.25) is 0 Å². The molecule has 3 unspecified atom stereocenters. The highest BCUT2D eigenvalue weighted by Crippen LogP contribution is 2.07. The van der Waals surface area contributed by atoms with Gasteiger partial charge in [-0.25, -0.2) is 0 Å². The normalized spacial score (nSPS) is 17.0. The third kappa shape index (κ3) is 10.1. The predicted molar refractivity (Wildman–Crippen MR) is 60.7 cm³/mol. The van der Waals surface area contributed by atoms with Crippen molar-refractivity contribution in [3.8, 4) is 0 Å². The molecule has 0 aromatic heterocycles. The van der Waals surface area contributed by atoms with Crippen molar-refractivity contribution in [1.29, 1.82) is 0 Å². The van der Waals surface area contributed by atoms with Gasteiger partial charge in [-0.15, -0.1) is 6.58 Å². The largest absolute Gasteiger partial charge is 0.379 e. The lowest BCUT2D eigenvalue weighted by Crippen LogP contribution is -2.18. The van der Waals surface area contributed by atoms with Gasteiger partial charge in [0.1, 0.15) is 0 Å². The Bertz CT molecular complexity index is 196. The third-order valence-corrected chi connectivity index (χ3v) is 2.42. The van der Waals surface area contributed by atoms with Crippen molar-refractivity contribution in [2.24, 2.45) is 5.92 Å². The lowest BCUT2D eigenvalue weighted by molar-refractivity contribution is 0.0548. The quantitative estimate of drug-likeness (QED) is 0.378. The van der Waals surface area contributed by atoms with Crippen molar-refractivity contribution < 1.29 is 17.7 Å². The molecular weight excluding hydrogens is 216 g/mol. The van der Waals surface area contributed by atoms with Crippen LogP contribution in [0.5, 0.6) is 0 Å². The number of ether oxygens (including phenoxy) is 1. The second kappa shape index (κ2) is 9.03. The van der Waals surface area contributed by atoms with Crippen LogP contribution in [0.4, 0.5) is 0 Å². The van der Waals surface area contributed by atoms with E-state index in [9.17, 15) is 4.21 Å². The van der Waals surface area contributed by atoms with E-state index < -0.39 is 11.4 Å². The molecule has 0 aromatic rings. The molecular formula is C10H20O4S. The fourth-order valence-corrected chi connectivity index (χ4v) is 1.44. The minimum atomic E-state index is -2.21. The maximum atomic E-state index is 10.3. The zero-order chi connectivity index (χ0) is 11.7. The number of allylic oxidation sites excluding steroid dienone is 1. The van der Waals surface area contributed by atoms with E-state index in [2.05, 4.69) is 17.7 Å². The van der Waals surface area contributed by atoms with Crippen LogP contribution in [0.15, 0.2) is 12.7 Å². The lowest BCUT2D eigenvalue weighted by Gasteiger charge is -2.12. The minimum absolute atomic E-state index is 0.340. The van der Waals surface area contributed by atoms with Crippen molar-refractivity contribution in [2.75, 3.05) is 13.2 Å². The van der Waals surface area contributed by atoms with Crippen LogP contribution in [0.25, 0.3) is 0 Å². The Morgan fingerprint density at radius 2 is 2.20 bits per heavy atom. The summed E-state index contributed by atoms with van der Waals surface area (Å²) in [6.07, 6.45) is 3.48. The van der Waals surface area contributed by atoms with Gasteiger partial charge in [0.15, 0.2) is 0 Å². The third-order valence-electron chi connectivity index (χ3n) is 1.92. The van der Waals surface area contributed by atoms with Gasteiger partial charge in [-0.1, -0.05) is 13.0 Å². The second-order valence-electron chi connectivity index (χ2n) is 3.62. The van der Waals surface area contributed by atoms with E-state index in [1.807, 2.05) is 6.08 Å². The summed E-state index contributed by atoms with van der Waals surface area (Å²) in [6.45, 7) is 8.48. The summed E-state index contributed by atoms with van der Waals surface area (Å²) < 4.78 is 28.6. The monoisotopic (exact) mass is 236 g/mol. The molecule has 0 heterocycles. The molecule has 90 valence electrons. The van der Waals surface area contributed by atoms with E-state index in [0.29, 0.717) is 19.1 Å². The average Bonchev–Trinajstić information content (AvgIpc) is 2.12. The molecule has 0 saturated carbocycles. The number of rotatable bonds is 9. The number of hydrogen-bond acceptors (Lipinski definition) is 3. The molecule has 15 heavy (non-hydrogen) atoms. The molecule has 3 atom stereocenters. The van der Waals surface area contributed by atoms with Crippen LogP contribution >= 0.6 is 0 Å². The van der Waals surface area contributed by atoms with E-state index >= 15 is 0 Å². The molecule has 0 aliphatic rings. The predicted octanol–water partition coefficient (Wildman–Crippen LogP) is 2.15. The summed E-state index contributed by atoms with van der Waals surface area (Å²) in [4.78, 5) is 0. The molecule has 0 rings (SSSR count). The molecule has 0 radical (unpaired) electrons. The summed E-state index contributed by atoms with van der Waals surface area (Å²) in [7, 11) is 0.